The zero-order chi connectivity index (χ0) is 24.5. The molecule has 3 heterocycles. The quantitative estimate of drug-likeness (QED) is 0.638. The molecule has 8 heteroatoms. The molecule has 34 heavy (non-hydrogen) atoms. The summed E-state index contributed by atoms with van der Waals surface area (Å²) in [5.41, 5.74) is 1.76. The molecule has 0 spiro atoms. The van der Waals surface area contributed by atoms with Gasteiger partial charge in [-0.2, -0.15) is 5.10 Å². The molecule has 0 saturated carbocycles. The molecular formula is C26H37N5O2S. The molecule has 2 aliphatic rings. The van der Waals surface area contributed by atoms with E-state index in [1.54, 1.807) is 4.68 Å². The van der Waals surface area contributed by atoms with Crippen molar-refractivity contribution in [1.29, 1.82) is 0 Å². The number of hydrogen-bond acceptors (Lipinski definition) is 5. The number of rotatable bonds is 6. The summed E-state index contributed by atoms with van der Waals surface area (Å²) in [5.74, 6) is 0.768. The van der Waals surface area contributed by atoms with E-state index < -0.39 is 0 Å². The minimum atomic E-state index is -0.303. The molecule has 0 radical (unpaired) electrons. The Kier molecular flexibility index (Phi) is 7.38. The van der Waals surface area contributed by atoms with Crippen molar-refractivity contribution in [3.8, 4) is 5.69 Å². The summed E-state index contributed by atoms with van der Waals surface area (Å²) in [4.78, 5) is 28.7. The van der Waals surface area contributed by atoms with Crippen LogP contribution in [0.15, 0.2) is 36.4 Å². The number of carbonyl (C=O) groups excluding carboxylic acids is 2. The van der Waals surface area contributed by atoms with E-state index in [1.807, 2.05) is 68.9 Å². The lowest BCUT2D eigenvalue weighted by Crippen LogP contribution is -2.54. The minimum Gasteiger partial charge on any atom is -0.352 e. The third kappa shape index (κ3) is 5.18. The second-order valence-corrected chi connectivity index (χ2v) is 12.0. The SMILES string of the molecule is CC[C@@H](C)C(=O)NC1CCC[C@H]2SC(C)(C)[C@@H](C(=O)Nc3cc(C)nn3-c3ccccc3)N2C1. The van der Waals surface area contributed by atoms with Gasteiger partial charge in [-0.05, 0) is 58.6 Å². The number of anilines is 1. The molecule has 0 bridgehead atoms. The molecule has 184 valence electrons. The van der Waals surface area contributed by atoms with Crippen LogP contribution in [0.25, 0.3) is 5.69 Å². The molecular weight excluding hydrogens is 446 g/mol. The third-order valence-electron chi connectivity index (χ3n) is 6.97. The average molecular weight is 484 g/mol. The number of nitrogens with zero attached hydrogens (tertiary/aromatic N) is 3. The van der Waals surface area contributed by atoms with E-state index in [2.05, 4.69) is 34.5 Å². The maximum absolute atomic E-state index is 13.8. The first-order valence-electron chi connectivity index (χ1n) is 12.4. The van der Waals surface area contributed by atoms with Crippen molar-refractivity contribution in [1.82, 2.24) is 20.0 Å². The van der Waals surface area contributed by atoms with E-state index in [1.165, 1.54) is 0 Å². The van der Waals surface area contributed by atoms with Gasteiger partial charge in [-0.15, -0.1) is 11.8 Å². The smallest absolute Gasteiger partial charge is 0.244 e. The summed E-state index contributed by atoms with van der Waals surface area (Å²) in [6, 6.07) is 11.5. The summed E-state index contributed by atoms with van der Waals surface area (Å²) < 4.78 is 1.54. The van der Waals surface area contributed by atoms with Crippen LogP contribution in [0.4, 0.5) is 5.82 Å². The van der Waals surface area contributed by atoms with Gasteiger partial charge >= 0.3 is 0 Å². The summed E-state index contributed by atoms with van der Waals surface area (Å²) in [7, 11) is 0. The summed E-state index contributed by atoms with van der Waals surface area (Å²) in [6.45, 7) is 10.9. The number of amides is 2. The number of aromatic nitrogens is 2. The van der Waals surface area contributed by atoms with Gasteiger partial charge in [0.05, 0.1) is 16.8 Å². The van der Waals surface area contributed by atoms with Gasteiger partial charge < -0.3 is 10.6 Å². The van der Waals surface area contributed by atoms with Crippen molar-refractivity contribution in [3.63, 3.8) is 0 Å². The fourth-order valence-electron chi connectivity index (χ4n) is 5.04. The van der Waals surface area contributed by atoms with E-state index >= 15 is 0 Å². The van der Waals surface area contributed by atoms with Crippen molar-refractivity contribution in [3.05, 3.63) is 42.1 Å². The van der Waals surface area contributed by atoms with Crippen LogP contribution in [-0.4, -0.2) is 55.2 Å². The molecule has 2 fully saturated rings. The van der Waals surface area contributed by atoms with E-state index in [9.17, 15) is 9.59 Å². The van der Waals surface area contributed by atoms with E-state index in [0.29, 0.717) is 12.4 Å². The van der Waals surface area contributed by atoms with Crippen LogP contribution in [0.5, 0.6) is 0 Å². The maximum Gasteiger partial charge on any atom is 0.244 e. The van der Waals surface area contributed by atoms with Gasteiger partial charge in [0.15, 0.2) is 0 Å². The number of benzene rings is 1. The largest absolute Gasteiger partial charge is 0.352 e. The van der Waals surface area contributed by atoms with Crippen molar-refractivity contribution < 1.29 is 9.59 Å². The second kappa shape index (κ2) is 10.1. The van der Waals surface area contributed by atoms with Gasteiger partial charge in [-0.3, -0.25) is 14.5 Å². The standard InChI is InChI=1S/C26H37N5O2S/c1-6-17(2)24(32)27-19-11-10-14-22-30(16-19)23(26(4,5)34-22)25(33)28-21-15-18(3)29-31(21)20-12-8-7-9-13-20/h7-9,12-13,15,17,19,22-23H,6,10-11,14,16H2,1-5H3,(H,27,32)(H,28,33)/t17-,19?,22-,23-/m1/s1. The van der Waals surface area contributed by atoms with Crippen molar-refractivity contribution in [2.45, 2.75) is 82.5 Å². The molecule has 2 amide bonds. The lowest BCUT2D eigenvalue weighted by Gasteiger charge is -2.33. The molecule has 2 N–H and O–H groups in total. The number of carbonyl (C=O) groups is 2. The van der Waals surface area contributed by atoms with Crippen LogP contribution >= 0.6 is 11.8 Å². The monoisotopic (exact) mass is 483 g/mol. The molecule has 2 aromatic rings. The number of nitrogens with one attached hydrogen (secondary N) is 2. The number of aryl methyl sites for hydroxylation is 1. The molecule has 1 aromatic heterocycles. The zero-order valence-electron chi connectivity index (χ0n) is 20.9. The normalized spacial score (nSPS) is 25.3. The second-order valence-electron chi connectivity index (χ2n) is 10.1. The average Bonchev–Trinajstić information content (AvgIpc) is 3.21. The number of hydrogen-bond donors (Lipinski definition) is 2. The van der Waals surface area contributed by atoms with Crippen LogP contribution in [0.3, 0.4) is 0 Å². The highest BCUT2D eigenvalue weighted by Crippen LogP contribution is 2.47. The lowest BCUT2D eigenvalue weighted by atomic mass is 10.00. The van der Waals surface area contributed by atoms with Crippen LogP contribution in [0.2, 0.25) is 0 Å². The van der Waals surface area contributed by atoms with Crippen molar-refractivity contribution in [2.75, 3.05) is 11.9 Å². The Morgan fingerprint density at radius 3 is 2.68 bits per heavy atom. The van der Waals surface area contributed by atoms with Crippen LogP contribution in [0, 0.1) is 12.8 Å². The number of para-hydroxylation sites is 1. The first kappa shape index (κ1) is 24.8. The van der Waals surface area contributed by atoms with Crippen LogP contribution in [-0.2, 0) is 9.59 Å². The Morgan fingerprint density at radius 2 is 1.97 bits per heavy atom. The third-order valence-corrected chi connectivity index (χ3v) is 8.58. The summed E-state index contributed by atoms with van der Waals surface area (Å²) >= 11 is 1.88. The molecule has 4 rings (SSSR count). The Hall–Kier alpha value is -2.32. The predicted molar refractivity (Wildman–Crippen MR) is 138 cm³/mol. The molecule has 2 saturated heterocycles. The highest BCUT2D eigenvalue weighted by atomic mass is 32.2. The molecule has 4 atom stereocenters. The highest BCUT2D eigenvalue weighted by Gasteiger charge is 2.52. The van der Waals surface area contributed by atoms with Gasteiger partial charge in [0, 0.05) is 29.3 Å². The minimum absolute atomic E-state index is 0.00375. The fourth-order valence-corrected chi connectivity index (χ4v) is 6.74. The van der Waals surface area contributed by atoms with Gasteiger partial charge in [-0.25, -0.2) is 4.68 Å². The Bertz CT molecular complexity index is 1020. The van der Waals surface area contributed by atoms with Crippen molar-refractivity contribution >= 4 is 29.4 Å². The van der Waals surface area contributed by atoms with Crippen LogP contribution < -0.4 is 10.6 Å². The van der Waals surface area contributed by atoms with E-state index in [4.69, 9.17) is 0 Å². The molecule has 0 aliphatic carbocycles. The Morgan fingerprint density at radius 1 is 1.24 bits per heavy atom. The van der Waals surface area contributed by atoms with E-state index in [0.717, 1.165) is 37.1 Å². The molecule has 2 aliphatic heterocycles. The van der Waals surface area contributed by atoms with Gasteiger partial charge in [0.1, 0.15) is 11.9 Å². The van der Waals surface area contributed by atoms with Crippen LogP contribution in [0.1, 0.15) is 59.1 Å². The predicted octanol–water partition coefficient (Wildman–Crippen LogP) is 4.36. The lowest BCUT2D eigenvalue weighted by molar-refractivity contribution is -0.125. The number of fused-ring (bicyclic) bond motifs is 1. The van der Waals surface area contributed by atoms with Crippen molar-refractivity contribution in [2.24, 2.45) is 5.92 Å². The van der Waals surface area contributed by atoms with Gasteiger partial charge in [0.25, 0.3) is 0 Å². The van der Waals surface area contributed by atoms with Gasteiger partial charge in [0.2, 0.25) is 11.8 Å². The van der Waals surface area contributed by atoms with E-state index in [-0.39, 0.29) is 39.9 Å². The summed E-state index contributed by atoms with van der Waals surface area (Å²) in [6.07, 6.45) is 3.84. The first-order chi connectivity index (χ1) is 16.2. The number of thioether (sulfide) groups is 1. The Balaban J connectivity index is 1.55. The molecule has 1 aromatic carbocycles. The zero-order valence-corrected chi connectivity index (χ0v) is 21.7. The summed E-state index contributed by atoms with van der Waals surface area (Å²) in [5, 5.41) is 11.3. The topological polar surface area (TPSA) is 79.3 Å². The highest BCUT2D eigenvalue weighted by molar-refractivity contribution is 8.01. The Labute approximate surface area is 207 Å². The molecule has 7 nitrogen and oxygen atoms in total. The molecule has 1 unspecified atom stereocenters. The first-order valence-corrected chi connectivity index (χ1v) is 13.2. The van der Waals surface area contributed by atoms with Gasteiger partial charge in [-0.1, -0.05) is 32.0 Å². The maximum atomic E-state index is 13.8. The fraction of sp³-hybridized carbons (Fsp3) is 0.577.